The third-order valence-corrected chi connectivity index (χ3v) is 8.15. The molecule has 0 N–H and O–H groups in total. The molecule has 1 rings (SSSR count). The molecule has 0 spiro atoms. The maximum absolute atomic E-state index is 13.0. The summed E-state index contributed by atoms with van der Waals surface area (Å²) in [6.07, 6.45) is 10.0. The van der Waals surface area contributed by atoms with E-state index >= 15 is 0 Å². The van der Waals surface area contributed by atoms with Crippen molar-refractivity contribution in [1.29, 1.82) is 0 Å². The van der Waals surface area contributed by atoms with E-state index < -0.39 is 16.4 Å². The van der Waals surface area contributed by atoms with Gasteiger partial charge in [0.15, 0.2) is 0 Å². The van der Waals surface area contributed by atoms with Gasteiger partial charge in [0.1, 0.15) is 11.7 Å². The summed E-state index contributed by atoms with van der Waals surface area (Å²) in [5.74, 6) is -0.365. The molecule has 1 saturated heterocycles. The predicted octanol–water partition coefficient (Wildman–Crippen LogP) is 7.23. The zero-order valence-electron chi connectivity index (χ0n) is 28.0. The van der Waals surface area contributed by atoms with Crippen LogP contribution in [0, 0.1) is 16.7 Å². The highest BCUT2D eigenvalue weighted by Gasteiger charge is 2.30. The van der Waals surface area contributed by atoms with Gasteiger partial charge in [-0.3, -0.25) is 14.4 Å². The van der Waals surface area contributed by atoms with Crippen molar-refractivity contribution in [3.8, 4) is 0 Å². The van der Waals surface area contributed by atoms with E-state index in [1.54, 1.807) is 4.90 Å². The summed E-state index contributed by atoms with van der Waals surface area (Å²) in [5, 5.41) is 0. The number of esters is 3. The van der Waals surface area contributed by atoms with Crippen molar-refractivity contribution in [2.45, 2.75) is 144 Å². The zero-order chi connectivity index (χ0) is 32.0. The van der Waals surface area contributed by atoms with Crippen molar-refractivity contribution < 1.29 is 38.1 Å². The second-order valence-corrected chi connectivity index (χ2v) is 14.2. The molecule has 9 nitrogen and oxygen atoms in total. The number of ether oxygens (including phenoxy) is 4. The van der Waals surface area contributed by atoms with Gasteiger partial charge in [0.05, 0.1) is 25.0 Å². The standard InChI is InChI=1S/C33H59NO8/c1-31(2,3)42-30(38)34-22-18-25(19-23-34)24-27(35)41-26(16-12-10-14-20-32(4,5)28(36)39-8)17-13-11-15-21-33(6,7)29(37)40-9/h25-26H,10-24H2,1-9H3. The molecule has 0 radical (unpaired) electrons. The fraction of sp³-hybridized carbons (Fsp3) is 0.879. The average Bonchev–Trinajstić information content (AvgIpc) is 2.90. The lowest BCUT2D eigenvalue weighted by molar-refractivity contribution is -0.152. The highest BCUT2D eigenvalue weighted by atomic mass is 16.6. The first kappa shape index (κ1) is 37.7. The Hall–Kier alpha value is -2.32. The molecule has 1 aliphatic rings. The van der Waals surface area contributed by atoms with Crippen LogP contribution in [0.15, 0.2) is 0 Å². The molecular formula is C33H59NO8. The summed E-state index contributed by atoms with van der Waals surface area (Å²) in [6.45, 7) is 14.4. The molecule has 42 heavy (non-hydrogen) atoms. The van der Waals surface area contributed by atoms with Crippen molar-refractivity contribution in [3.05, 3.63) is 0 Å². The number of carbonyl (C=O) groups excluding carboxylic acids is 4. The van der Waals surface area contributed by atoms with Crippen molar-refractivity contribution in [1.82, 2.24) is 4.90 Å². The van der Waals surface area contributed by atoms with Crippen LogP contribution in [0.2, 0.25) is 0 Å². The minimum Gasteiger partial charge on any atom is -0.469 e. The molecule has 1 amide bonds. The van der Waals surface area contributed by atoms with Gasteiger partial charge in [-0.05, 0) is 106 Å². The normalized spacial score (nSPS) is 15.0. The molecule has 1 aliphatic heterocycles. The highest BCUT2D eigenvalue weighted by Crippen LogP contribution is 2.28. The molecule has 0 aromatic carbocycles. The molecule has 0 unspecified atom stereocenters. The van der Waals surface area contributed by atoms with Gasteiger partial charge in [-0.25, -0.2) is 4.79 Å². The van der Waals surface area contributed by atoms with Crippen LogP contribution < -0.4 is 0 Å². The zero-order valence-corrected chi connectivity index (χ0v) is 28.0. The number of likely N-dealkylation sites (tertiary alicyclic amines) is 1. The van der Waals surface area contributed by atoms with Crippen LogP contribution in [0.3, 0.4) is 0 Å². The summed E-state index contributed by atoms with van der Waals surface area (Å²) in [4.78, 5) is 50.9. The summed E-state index contributed by atoms with van der Waals surface area (Å²) in [5.41, 5.74) is -1.53. The van der Waals surface area contributed by atoms with E-state index in [1.807, 2.05) is 48.5 Å². The lowest BCUT2D eigenvalue weighted by Crippen LogP contribution is -2.42. The van der Waals surface area contributed by atoms with Crippen molar-refractivity contribution in [2.75, 3.05) is 27.3 Å². The molecule has 1 fully saturated rings. The maximum atomic E-state index is 13.0. The number of amides is 1. The van der Waals surface area contributed by atoms with E-state index in [1.165, 1.54) is 14.2 Å². The molecule has 0 atom stereocenters. The minimum absolute atomic E-state index is 0.151. The van der Waals surface area contributed by atoms with E-state index in [0.29, 0.717) is 19.5 Å². The Morgan fingerprint density at radius 2 is 1.17 bits per heavy atom. The Balaban J connectivity index is 2.57. The van der Waals surface area contributed by atoms with Crippen LogP contribution in [0.25, 0.3) is 0 Å². The number of carbonyl (C=O) groups is 4. The first-order chi connectivity index (χ1) is 19.5. The number of hydrogen-bond donors (Lipinski definition) is 0. The van der Waals surface area contributed by atoms with Gasteiger partial charge < -0.3 is 23.8 Å². The summed E-state index contributed by atoms with van der Waals surface area (Å²) in [6, 6.07) is 0. The Morgan fingerprint density at radius 1 is 0.714 bits per heavy atom. The maximum Gasteiger partial charge on any atom is 0.410 e. The number of unbranched alkanes of at least 4 members (excludes halogenated alkanes) is 4. The summed E-state index contributed by atoms with van der Waals surface area (Å²) < 4.78 is 21.3. The average molecular weight is 598 g/mol. The van der Waals surface area contributed by atoms with Gasteiger partial charge in [-0.1, -0.05) is 25.7 Å². The van der Waals surface area contributed by atoms with E-state index in [9.17, 15) is 19.2 Å². The third kappa shape index (κ3) is 14.7. The highest BCUT2D eigenvalue weighted by molar-refractivity contribution is 5.76. The Bertz CT molecular complexity index is 815. The van der Waals surface area contributed by atoms with Crippen molar-refractivity contribution >= 4 is 24.0 Å². The van der Waals surface area contributed by atoms with Crippen LogP contribution in [0.1, 0.15) is 132 Å². The Kier molecular flexibility index (Phi) is 15.9. The number of rotatable bonds is 17. The molecule has 0 bridgehead atoms. The first-order valence-electron chi connectivity index (χ1n) is 15.8. The molecular weight excluding hydrogens is 538 g/mol. The van der Waals surface area contributed by atoms with Gasteiger partial charge in [0, 0.05) is 19.5 Å². The largest absolute Gasteiger partial charge is 0.469 e. The van der Waals surface area contributed by atoms with Gasteiger partial charge in [0.2, 0.25) is 0 Å². The van der Waals surface area contributed by atoms with Crippen LogP contribution in [0.4, 0.5) is 4.79 Å². The molecule has 0 aromatic rings. The molecule has 244 valence electrons. The Morgan fingerprint density at radius 3 is 1.57 bits per heavy atom. The summed E-state index contributed by atoms with van der Waals surface area (Å²) >= 11 is 0. The van der Waals surface area contributed by atoms with E-state index in [2.05, 4.69) is 0 Å². The molecule has 0 aliphatic carbocycles. The van der Waals surface area contributed by atoms with Gasteiger partial charge >= 0.3 is 24.0 Å². The van der Waals surface area contributed by atoms with E-state index in [0.717, 1.165) is 77.0 Å². The van der Waals surface area contributed by atoms with E-state index in [-0.39, 0.29) is 36.0 Å². The number of piperidine rings is 1. The molecule has 1 heterocycles. The van der Waals surface area contributed by atoms with Crippen LogP contribution >= 0.6 is 0 Å². The molecule has 0 aromatic heterocycles. The third-order valence-electron chi connectivity index (χ3n) is 8.15. The topological polar surface area (TPSA) is 108 Å². The second kappa shape index (κ2) is 17.7. The SMILES string of the molecule is COC(=O)C(C)(C)CCCCCC(CCCCCC(C)(C)C(=O)OC)OC(=O)CC1CCN(C(=O)OC(C)(C)C)CC1. The fourth-order valence-electron chi connectivity index (χ4n) is 5.37. The number of hydrogen-bond acceptors (Lipinski definition) is 8. The lowest BCUT2D eigenvalue weighted by atomic mass is 9.86. The first-order valence-corrected chi connectivity index (χ1v) is 15.8. The minimum atomic E-state index is -0.526. The molecule has 0 saturated carbocycles. The van der Waals surface area contributed by atoms with Gasteiger partial charge in [0.25, 0.3) is 0 Å². The number of nitrogens with zero attached hydrogens (tertiary/aromatic N) is 1. The monoisotopic (exact) mass is 597 g/mol. The molecule has 9 heteroatoms. The fourth-order valence-corrected chi connectivity index (χ4v) is 5.37. The lowest BCUT2D eigenvalue weighted by Gasteiger charge is -2.33. The summed E-state index contributed by atoms with van der Waals surface area (Å²) in [7, 11) is 2.84. The Labute approximate surface area is 254 Å². The van der Waals surface area contributed by atoms with Crippen LogP contribution in [-0.2, 0) is 33.3 Å². The van der Waals surface area contributed by atoms with Crippen molar-refractivity contribution in [2.24, 2.45) is 16.7 Å². The quantitative estimate of drug-likeness (QED) is 0.0981. The van der Waals surface area contributed by atoms with Crippen LogP contribution in [-0.4, -0.2) is 67.9 Å². The van der Waals surface area contributed by atoms with Gasteiger partial charge in [-0.2, -0.15) is 0 Å². The van der Waals surface area contributed by atoms with Gasteiger partial charge in [-0.15, -0.1) is 0 Å². The van der Waals surface area contributed by atoms with Crippen LogP contribution in [0.5, 0.6) is 0 Å². The number of methoxy groups -OCH3 is 2. The van der Waals surface area contributed by atoms with E-state index in [4.69, 9.17) is 18.9 Å². The second-order valence-electron chi connectivity index (χ2n) is 14.2. The van der Waals surface area contributed by atoms with Crippen molar-refractivity contribution in [3.63, 3.8) is 0 Å². The smallest absolute Gasteiger partial charge is 0.410 e. The predicted molar refractivity (Wildman–Crippen MR) is 163 cm³/mol.